The van der Waals surface area contributed by atoms with E-state index in [-0.39, 0.29) is 11.9 Å². The summed E-state index contributed by atoms with van der Waals surface area (Å²) in [4.78, 5) is 0. The molecule has 1 saturated carbocycles. The van der Waals surface area contributed by atoms with Crippen LogP contribution >= 0.6 is 0 Å². The SMILES string of the molecule is C[C@H](NC1CCCC1C1CCCN1)c1cccc(F)c1. The van der Waals surface area contributed by atoms with Crippen molar-refractivity contribution in [2.75, 3.05) is 6.54 Å². The van der Waals surface area contributed by atoms with E-state index in [1.807, 2.05) is 6.07 Å². The first-order valence-corrected chi connectivity index (χ1v) is 7.99. The van der Waals surface area contributed by atoms with E-state index < -0.39 is 0 Å². The highest BCUT2D eigenvalue weighted by Crippen LogP contribution is 2.33. The smallest absolute Gasteiger partial charge is 0.123 e. The van der Waals surface area contributed by atoms with E-state index in [4.69, 9.17) is 0 Å². The van der Waals surface area contributed by atoms with Crippen molar-refractivity contribution < 1.29 is 4.39 Å². The van der Waals surface area contributed by atoms with Crippen molar-refractivity contribution in [3.05, 3.63) is 35.6 Å². The number of benzene rings is 1. The van der Waals surface area contributed by atoms with Gasteiger partial charge >= 0.3 is 0 Å². The molecule has 0 radical (unpaired) electrons. The van der Waals surface area contributed by atoms with E-state index in [1.54, 1.807) is 12.1 Å². The Morgan fingerprint density at radius 1 is 1.25 bits per heavy atom. The van der Waals surface area contributed by atoms with Gasteiger partial charge in [-0.2, -0.15) is 0 Å². The van der Waals surface area contributed by atoms with Crippen molar-refractivity contribution in [3.8, 4) is 0 Å². The molecule has 1 aliphatic heterocycles. The molecule has 1 aromatic carbocycles. The van der Waals surface area contributed by atoms with Crippen LogP contribution in [0.4, 0.5) is 4.39 Å². The number of halogens is 1. The molecule has 4 atom stereocenters. The molecule has 110 valence electrons. The molecule has 0 aromatic heterocycles. The first-order valence-electron chi connectivity index (χ1n) is 7.99. The molecule has 1 aliphatic carbocycles. The Balaban J connectivity index is 1.64. The van der Waals surface area contributed by atoms with Gasteiger partial charge in [0.2, 0.25) is 0 Å². The third-order valence-corrected chi connectivity index (χ3v) is 5.00. The summed E-state index contributed by atoms with van der Waals surface area (Å²) in [5, 5.41) is 7.39. The second kappa shape index (κ2) is 6.23. The van der Waals surface area contributed by atoms with E-state index in [1.165, 1.54) is 44.7 Å². The lowest BCUT2D eigenvalue weighted by Gasteiger charge is -2.29. The van der Waals surface area contributed by atoms with Crippen LogP contribution in [0.15, 0.2) is 24.3 Å². The predicted molar refractivity (Wildman–Crippen MR) is 80.1 cm³/mol. The molecule has 1 heterocycles. The van der Waals surface area contributed by atoms with Crippen molar-refractivity contribution in [1.29, 1.82) is 0 Å². The Labute approximate surface area is 121 Å². The van der Waals surface area contributed by atoms with Crippen LogP contribution in [0, 0.1) is 11.7 Å². The number of rotatable bonds is 4. The number of hydrogen-bond acceptors (Lipinski definition) is 2. The highest BCUT2D eigenvalue weighted by Gasteiger charge is 2.35. The lowest BCUT2D eigenvalue weighted by Crippen LogP contribution is -2.42. The summed E-state index contributed by atoms with van der Waals surface area (Å²) >= 11 is 0. The van der Waals surface area contributed by atoms with Crippen LogP contribution in [0.2, 0.25) is 0 Å². The van der Waals surface area contributed by atoms with Gasteiger partial charge in [-0.25, -0.2) is 4.39 Å². The molecular weight excluding hydrogens is 251 g/mol. The summed E-state index contributed by atoms with van der Waals surface area (Å²) in [6.07, 6.45) is 6.52. The van der Waals surface area contributed by atoms with E-state index in [0.717, 1.165) is 11.5 Å². The van der Waals surface area contributed by atoms with Crippen LogP contribution < -0.4 is 10.6 Å². The number of nitrogens with one attached hydrogen (secondary N) is 2. The van der Waals surface area contributed by atoms with Crippen LogP contribution in [0.25, 0.3) is 0 Å². The zero-order valence-corrected chi connectivity index (χ0v) is 12.2. The maximum atomic E-state index is 13.3. The minimum Gasteiger partial charge on any atom is -0.314 e. The molecule has 3 unspecified atom stereocenters. The summed E-state index contributed by atoms with van der Waals surface area (Å²) < 4.78 is 13.3. The fraction of sp³-hybridized carbons (Fsp3) is 0.647. The summed E-state index contributed by atoms with van der Waals surface area (Å²) in [5.74, 6) is 0.602. The quantitative estimate of drug-likeness (QED) is 0.881. The van der Waals surface area contributed by atoms with Crippen molar-refractivity contribution in [3.63, 3.8) is 0 Å². The molecule has 0 amide bonds. The van der Waals surface area contributed by atoms with Gasteiger partial charge in [0.15, 0.2) is 0 Å². The first-order chi connectivity index (χ1) is 9.74. The minimum absolute atomic E-state index is 0.142. The van der Waals surface area contributed by atoms with Crippen LogP contribution in [0.1, 0.15) is 50.6 Å². The van der Waals surface area contributed by atoms with Gasteiger partial charge in [-0.1, -0.05) is 18.6 Å². The van der Waals surface area contributed by atoms with E-state index in [9.17, 15) is 4.39 Å². The van der Waals surface area contributed by atoms with E-state index in [2.05, 4.69) is 17.6 Å². The molecule has 2 fully saturated rings. The molecular formula is C17H25FN2. The lowest BCUT2D eigenvalue weighted by atomic mass is 9.92. The van der Waals surface area contributed by atoms with Gasteiger partial charge in [0, 0.05) is 18.1 Å². The van der Waals surface area contributed by atoms with Crippen LogP contribution in [-0.2, 0) is 0 Å². The minimum atomic E-state index is -0.142. The van der Waals surface area contributed by atoms with Gasteiger partial charge in [-0.3, -0.25) is 0 Å². The lowest BCUT2D eigenvalue weighted by molar-refractivity contribution is 0.303. The molecule has 1 aromatic rings. The highest BCUT2D eigenvalue weighted by atomic mass is 19.1. The van der Waals surface area contributed by atoms with E-state index >= 15 is 0 Å². The molecule has 20 heavy (non-hydrogen) atoms. The Morgan fingerprint density at radius 2 is 2.15 bits per heavy atom. The molecule has 2 aliphatic rings. The Bertz CT molecular complexity index is 442. The number of hydrogen-bond donors (Lipinski definition) is 2. The normalized spacial score (nSPS) is 31.6. The Kier molecular flexibility index (Phi) is 4.37. The highest BCUT2D eigenvalue weighted by molar-refractivity contribution is 5.19. The molecule has 1 saturated heterocycles. The second-order valence-corrected chi connectivity index (χ2v) is 6.35. The Morgan fingerprint density at radius 3 is 2.90 bits per heavy atom. The van der Waals surface area contributed by atoms with E-state index in [0.29, 0.717) is 12.1 Å². The monoisotopic (exact) mass is 276 g/mol. The molecule has 2 N–H and O–H groups in total. The second-order valence-electron chi connectivity index (χ2n) is 6.35. The molecule has 3 rings (SSSR count). The van der Waals surface area contributed by atoms with Crippen molar-refractivity contribution in [2.45, 2.75) is 57.2 Å². The van der Waals surface area contributed by atoms with Crippen molar-refractivity contribution in [2.24, 2.45) is 5.92 Å². The Hall–Kier alpha value is -0.930. The van der Waals surface area contributed by atoms with Crippen LogP contribution in [0.5, 0.6) is 0 Å². The fourth-order valence-electron chi connectivity index (χ4n) is 3.95. The predicted octanol–water partition coefficient (Wildman–Crippen LogP) is 3.40. The summed E-state index contributed by atoms with van der Waals surface area (Å²) in [5.41, 5.74) is 1.05. The van der Waals surface area contributed by atoms with Gasteiger partial charge in [0.1, 0.15) is 5.82 Å². The zero-order chi connectivity index (χ0) is 13.9. The summed E-state index contributed by atoms with van der Waals surface area (Å²) in [7, 11) is 0. The van der Waals surface area contributed by atoms with Gasteiger partial charge < -0.3 is 10.6 Å². The first kappa shape index (κ1) is 14.0. The van der Waals surface area contributed by atoms with Crippen molar-refractivity contribution >= 4 is 0 Å². The third kappa shape index (κ3) is 3.04. The molecule has 2 nitrogen and oxygen atoms in total. The maximum Gasteiger partial charge on any atom is 0.123 e. The molecule has 0 bridgehead atoms. The maximum absolute atomic E-state index is 13.3. The zero-order valence-electron chi connectivity index (χ0n) is 12.2. The molecule has 3 heteroatoms. The fourth-order valence-corrected chi connectivity index (χ4v) is 3.95. The van der Waals surface area contributed by atoms with Gasteiger partial charge in [-0.15, -0.1) is 0 Å². The van der Waals surface area contributed by atoms with Gasteiger partial charge in [-0.05, 0) is 62.8 Å². The molecule has 0 spiro atoms. The average molecular weight is 276 g/mol. The summed E-state index contributed by atoms with van der Waals surface area (Å²) in [6.45, 7) is 3.32. The van der Waals surface area contributed by atoms with Gasteiger partial charge in [0.25, 0.3) is 0 Å². The average Bonchev–Trinajstić information content (AvgIpc) is 3.08. The largest absolute Gasteiger partial charge is 0.314 e. The third-order valence-electron chi connectivity index (χ3n) is 5.00. The van der Waals surface area contributed by atoms with Crippen molar-refractivity contribution in [1.82, 2.24) is 10.6 Å². The summed E-state index contributed by atoms with van der Waals surface area (Å²) in [6, 6.07) is 8.45. The van der Waals surface area contributed by atoms with Crippen LogP contribution in [-0.4, -0.2) is 18.6 Å². The van der Waals surface area contributed by atoms with Gasteiger partial charge in [0.05, 0.1) is 0 Å². The van der Waals surface area contributed by atoms with Crippen LogP contribution in [0.3, 0.4) is 0 Å². The standard InChI is InChI=1S/C17H25FN2/c1-12(13-5-2-6-14(18)11-13)20-17-8-3-7-15(17)16-9-4-10-19-16/h2,5-6,11-12,15-17,19-20H,3-4,7-10H2,1H3/t12-,15?,16?,17?/m0/s1. The topological polar surface area (TPSA) is 24.1 Å².